The molecule has 2 unspecified atom stereocenters. The van der Waals surface area contributed by atoms with E-state index in [-0.39, 0.29) is 23.7 Å². The highest BCUT2D eigenvalue weighted by Crippen LogP contribution is 2.20. The summed E-state index contributed by atoms with van der Waals surface area (Å²) in [6.07, 6.45) is 4.67. The van der Waals surface area contributed by atoms with Gasteiger partial charge in [0.2, 0.25) is 0 Å². The molecule has 21 heavy (non-hydrogen) atoms. The van der Waals surface area contributed by atoms with Crippen molar-refractivity contribution in [1.29, 1.82) is 0 Å². The number of likely N-dealkylation sites (N-methyl/N-ethyl adjacent to an activating group) is 1. The van der Waals surface area contributed by atoms with Gasteiger partial charge in [0.05, 0.1) is 12.1 Å². The Kier molecular flexibility index (Phi) is 4.70. The van der Waals surface area contributed by atoms with Crippen molar-refractivity contribution in [3.05, 3.63) is 35.7 Å². The number of aliphatic carboxylic acids is 1. The average Bonchev–Trinajstić information content (AvgIpc) is 2.90. The fraction of sp³-hybridized carbons (Fsp3) is 0.400. The standard InChI is InChI=1S/C15H18N2O4/c1-10-12(7-9-21-10)17(2)15(20)14-11(4-3-8-16-14)5-6-13(18)19/h3-6,8,10,12H,7,9H2,1-2H3,(H,18,19)/b6-5+. The van der Waals surface area contributed by atoms with Crippen LogP contribution in [-0.2, 0) is 9.53 Å². The SMILES string of the molecule is CC1OCCC1N(C)C(=O)c1ncccc1/C=C/C(=O)O. The Hall–Kier alpha value is -2.21. The van der Waals surface area contributed by atoms with Crippen molar-refractivity contribution in [1.82, 2.24) is 9.88 Å². The Labute approximate surface area is 123 Å². The molecule has 1 amide bonds. The maximum absolute atomic E-state index is 12.6. The third kappa shape index (κ3) is 3.46. The number of nitrogens with zero attached hydrogens (tertiary/aromatic N) is 2. The van der Waals surface area contributed by atoms with E-state index in [2.05, 4.69) is 4.98 Å². The number of hydrogen-bond donors (Lipinski definition) is 1. The average molecular weight is 290 g/mol. The van der Waals surface area contributed by atoms with Gasteiger partial charge in [0, 0.05) is 31.5 Å². The predicted octanol–water partition coefficient (Wildman–Crippen LogP) is 1.43. The van der Waals surface area contributed by atoms with E-state index in [9.17, 15) is 9.59 Å². The lowest BCUT2D eigenvalue weighted by Gasteiger charge is -2.26. The first-order valence-electron chi connectivity index (χ1n) is 6.75. The molecule has 1 aliphatic rings. The van der Waals surface area contributed by atoms with Crippen LogP contribution in [0.1, 0.15) is 29.4 Å². The fourth-order valence-corrected chi connectivity index (χ4v) is 2.44. The zero-order valence-corrected chi connectivity index (χ0v) is 12.0. The molecule has 1 aromatic rings. The summed E-state index contributed by atoms with van der Waals surface area (Å²) < 4.78 is 5.48. The summed E-state index contributed by atoms with van der Waals surface area (Å²) in [6, 6.07) is 3.35. The van der Waals surface area contributed by atoms with Gasteiger partial charge in [-0.1, -0.05) is 6.07 Å². The number of amides is 1. The van der Waals surface area contributed by atoms with E-state index in [0.717, 1.165) is 12.5 Å². The number of rotatable bonds is 4. The van der Waals surface area contributed by atoms with Crippen LogP contribution in [0, 0.1) is 0 Å². The zero-order chi connectivity index (χ0) is 15.4. The van der Waals surface area contributed by atoms with E-state index in [1.165, 1.54) is 12.3 Å². The first kappa shape index (κ1) is 15.2. The van der Waals surface area contributed by atoms with Crippen LogP contribution in [0.4, 0.5) is 0 Å². The smallest absolute Gasteiger partial charge is 0.328 e. The number of aromatic nitrogens is 1. The maximum atomic E-state index is 12.6. The molecule has 0 spiro atoms. The van der Waals surface area contributed by atoms with Crippen molar-refractivity contribution in [2.75, 3.05) is 13.7 Å². The lowest BCUT2D eigenvalue weighted by molar-refractivity contribution is -0.131. The topological polar surface area (TPSA) is 79.7 Å². The summed E-state index contributed by atoms with van der Waals surface area (Å²) in [5.41, 5.74) is 0.736. The van der Waals surface area contributed by atoms with E-state index < -0.39 is 5.97 Å². The number of carboxylic acid groups (broad SMARTS) is 1. The zero-order valence-electron chi connectivity index (χ0n) is 12.0. The van der Waals surface area contributed by atoms with Gasteiger partial charge < -0.3 is 14.7 Å². The number of carboxylic acids is 1. The molecule has 1 saturated heterocycles. The highest BCUT2D eigenvalue weighted by molar-refractivity contribution is 5.97. The molecule has 2 atom stereocenters. The van der Waals surface area contributed by atoms with Crippen molar-refractivity contribution in [2.24, 2.45) is 0 Å². The maximum Gasteiger partial charge on any atom is 0.328 e. The van der Waals surface area contributed by atoms with E-state index in [0.29, 0.717) is 12.2 Å². The Morgan fingerprint density at radius 3 is 2.90 bits per heavy atom. The molecule has 2 rings (SSSR count). The van der Waals surface area contributed by atoms with Crippen LogP contribution in [0.2, 0.25) is 0 Å². The molecule has 0 aromatic carbocycles. The number of hydrogen-bond acceptors (Lipinski definition) is 4. The van der Waals surface area contributed by atoms with Gasteiger partial charge in [-0.2, -0.15) is 0 Å². The summed E-state index contributed by atoms with van der Waals surface area (Å²) >= 11 is 0. The molecule has 112 valence electrons. The van der Waals surface area contributed by atoms with Gasteiger partial charge in [-0.25, -0.2) is 4.79 Å². The van der Waals surface area contributed by atoms with Gasteiger partial charge in [0.25, 0.3) is 5.91 Å². The molecular weight excluding hydrogens is 272 g/mol. The Morgan fingerprint density at radius 1 is 1.52 bits per heavy atom. The predicted molar refractivity (Wildman–Crippen MR) is 76.8 cm³/mol. The highest BCUT2D eigenvalue weighted by atomic mass is 16.5. The van der Waals surface area contributed by atoms with Crippen LogP contribution in [0.3, 0.4) is 0 Å². The van der Waals surface area contributed by atoms with E-state index in [4.69, 9.17) is 9.84 Å². The van der Waals surface area contributed by atoms with Crippen molar-refractivity contribution in [3.63, 3.8) is 0 Å². The monoisotopic (exact) mass is 290 g/mol. The molecule has 0 bridgehead atoms. The molecular formula is C15H18N2O4. The number of ether oxygens (including phenoxy) is 1. The molecule has 1 aromatic heterocycles. The van der Waals surface area contributed by atoms with Gasteiger partial charge in [-0.15, -0.1) is 0 Å². The minimum Gasteiger partial charge on any atom is -0.478 e. The quantitative estimate of drug-likeness (QED) is 0.848. The summed E-state index contributed by atoms with van der Waals surface area (Å²) in [5, 5.41) is 8.70. The van der Waals surface area contributed by atoms with E-state index in [1.807, 2.05) is 6.92 Å². The molecule has 1 fully saturated rings. The highest BCUT2D eigenvalue weighted by Gasteiger charge is 2.31. The van der Waals surface area contributed by atoms with Gasteiger partial charge in [-0.3, -0.25) is 9.78 Å². The van der Waals surface area contributed by atoms with Crippen molar-refractivity contribution in [2.45, 2.75) is 25.5 Å². The summed E-state index contributed by atoms with van der Waals surface area (Å²) in [4.78, 5) is 28.9. The lowest BCUT2D eigenvalue weighted by Crippen LogP contribution is -2.41. The van der Waals surface area contributed by atoms with Crippen LogP contribution in [0.25, 0.3) is 6.08 Å². The van der Waals surface area contributed by atoms with Crippen LogP contribution in [-0.4, -0.2) is 52.7 Å². The van der Waals surface area contributed by atoms with E-state index >= 15 is 0 Å². The molecule has 0 saturated carbocycles. The summed E-state index contributed by atoms with van der Waals surface area (Å²) in [7, 11) is 1.72. The van der Waals surface area contributed by atoms with Crippen molar-refractivity contribution in [3.8, 4) is 0 Å². The van der Waals surface area contributed by atoms with Crippen LogP contribution in [0.5, 0.6) is 0 Å². The van der Waals surface area contributed by atoms with Crippen molar-refractivity contribution >= 4 is 18.0 Å². The molecule has 2 heterocycles. The second-order valence-corrected chi connectivity index (χ2v) is 4.96. The number of carbonyl (C=O) groups is 2. The summed E-state index contributed by atoms with van der Waals surface area (Å²) in [6.45, 7) is 2.57. The third-order valence-electron chi connectivity index (χ3n) is 3.60. The molecule has 6 heteroatoms. The minimum absolute atomic E-state index is 0.0100. The minimum atomic E-state index is -1.07. The van der Waals surface area contributed by atoms with Gasteiger partial charge >= 0.3 is 5.97 Å². The Morgan fingerprint density at radius 2 is 2.29 bits per heavy atom. The van der Waals surface area contributed by atoms with Gasteiger partial charge in [-0.05, 0) is 25.5 Å². The first-order chi connectivity index (χ1) is 10.0. The normalized spacial score (nSPS) is 21.6. The molecule has 1 N–H and O–H groups in total. The lowest BCUT2D eigenvalue weighted by atomic mass is 10.1. The largest absolute Gasteiger partial charge is 0.478 e. The molecule has 1 aliphatic heterocycles. The second-order valence-electron chi connectivity index (χ2n) is 4.96. The third-order valence-corrected chi connectivity index (χ3v) is 3.60. The van der Waals surface area contributed by atoms with Crippen LogP contribution >= 0.6 is 0 Å². The van der Waals surface area contributed by atoms with Crippen LogP contribution in [0.15, 0.2) is 24.4 Å². The number of carbonyl (C=O) groups excluding carboxylic acids is 1. The van der Waals surface area contributed by atoms with Crippen molar-refractivity contribution < 1.29 is 19.4 Å². The number of pyridine rings is 1. The summed E-state index contributed by atoms with van der Waals surface area (Å²) in [5.74, 6) is -1.30. The molecule has 0 radical (unpaired) electrons. The van der Waals surface area contributed by atoms with Gasteiger partial charge in [0.1, 0.15) is 5.69 Å². The Balaban J connectivity index is 2.24. The van der Waals surface area contributed by atoms with E-state index in [1.54, 1.807) is 24.1 Å². The van der Waals surface area contributed by atoms with Gasteiger partial charge in [0.15, 0.2) is 0 Å². The first-order valence-corrected chi connectivity index (χ1v) is 6.75. The molecule has 6 nitrogen and oxygen atoms in total. The second kappa shape index (κ2) is 6.49. The Bertz CT molecular complexity index is 571. The van der Waals surface area contributed by atoms with Crippen LogP contribution < -0.4 is 0 Å². The molecule has 0 aliphatic carbocycles. The fourth-order valence-electron chi connectivity index (χ4n) is 2.44.